The molecule has 5 nitrogen and oxygen atoms in total. The molecule has 2 unspecified atom stereocenters. The summed E-state index contributed by atoms with van der Waals surface area (Å²) in [6, 6.07) is 0.213. The maximum absolute atomic E-state index is 12.1. The zero-order chi connectivity index (χ0) is 14.2. The Balaban J connectivity index is 1.79. The molecular weight excluding hydrogens is 244 g/mol. The van der Waals surface area contributed by atoms with E-state index in [4.69, 9.17) is 5.11 Å². The summed E-state index contributed by atoms with van der Waals surface area (Å²) in [5.74, 6) is -1.05. The van der Waals surface area contributed by atoms with Gasteiger partial charge in [-0.25, -0.2) is 4.79 Å². The molecule has 2 atom stereocenters. The molecule has 1 saturated carbocycles. The minimum Gasteiger partial charge on any atom is -0.481 e. The first-order chi connectivity index (χ1) is 8.81. The molecule has 0 aromatic rings. The van der Waals surface area contributed by atoms with Gasteiger partial charge in [0.2, 0.25) is 0 Å². The van der Waals surface area contributed by atoms with Crippen LogP contribution in [0.3, 0.4) is 0 Å². The molecule has 2 fully saturated rings. The standard InChI is InChI=1S/C14H24N2O3/c1-9(12(17)18)10-7-16(8-10)13(19)15-11-5-4-6-14(11,2)3/h9-11H,4-8H2,1-3H3,(H,15,19)(H,17,18). The molecule has 108 valence electrons. The van der Waals surface area contributed by atoms with Crippen LogP contribution < -0.4 is 5.32 Å². The molecule has 0 spiro atoms. The summed E-state index contributed by atoms with van der Waals surface area (Å²) in [6.07, 6.45) is 3.36. The predicted molar refractivity (Wildman–Crippen MR) is 71.8 cm³/mol. The van der Waals surface area contributed by atoms with Crippen LogP contribution in [0, 0.1) is 17.3 Å². The van der Waals surface area contributed by atoms with Crippen molar-refractivity contribution < 1.29 is 14.7 Å². The zero-order valence-corrected chi connectivity index (χ0v) is 12.0. The van der Waals surface area contributed by atoms with Gasteiger partial charge in [0.05, 0.1) is 5.92 Å². The minimum atomic E-state index is -0.776. The summed E-state index contributed by atoms with van der Waals surface area (Å²) in [5.41, 5.74) is 0.175. The molecule has 2 amide bonds. The van der Waals surface area contributed by atoms with Crippen LogP contribution in [-0.4, -0.2) is 41.1 Å². The summed E-state index contributed by atoms with van der Waals surface area (Å²) in [7, 11) is 0. The fourth-order valence-corrected chi connectivity index (χ4v) is 3.03. The number of carboxylic acids is 1. The van der Waals surface area contributed by atoms with Crippen LogP contribution in [0.15, 0.2) is 0 Å². The number of urea groups is 1. The van der Waals surface area contributed by atoms with E-state index in [2.05, 4.69) is 19.2 Å². The van der Waals surface area contributed by atoms with E-state index >= 15 is 0 Å². The van der Waals surface area contributed by atoms with E-state index in [-0.39, 0.29) is 29.3 Å². The summed E-state index contributed by atoms with van der Waals surface area (Å²) >= 11 is 0. The third kappa shape index (κ3) is 2.85. The fraction of sp³-hybridized carbons (Fsp3) is 0.857. The highest BCUT2D eigenvalue weighted by atomic mass is 16.4. The van der Waals surface area contributed by atoms with Gasteiger partial charge in [0, 0.05) is 25.0 Å². The second kappa shape index (κ2) is 5.02. The van der Waals surface area contributed by atoms with E-state index in [1.54, 1.807) is 11.8 Å². The van der Waals surface area contributed by atoms with Crippen LogP contribution in [0.5, 0.6) is 0 Å². The molecule has 0 bridgehead atoms. The van der Waals surface area contributed by atoms with Crippen LogP contribution in [0.2, 0.25) is 0 Å². The van der Waals surface area contributed by atoms with E-state index in [0.717, 1.165) is 19.3 Å². The summed E-state index contributed by atoms with van der Waals surface area (Å²) in [6.45, 7) is 7.22. The maximum Gasteiger partial charge on any atom is 0.317 e. The molecule has 1 saturated heterocycles. The average molecular weight is 268 g/mol. The molecule has 19 heavy (non-hydrogen) atoms. The van der Waals surface area contributed by atoms with Gasteiger partial charge in [-0.15, -0.1) is 0 Å². The molecule has 1 aliphatic heterocycles. The monoisotopic (exact) mass is 268 g/mol. The quantitative estimate of drug-likeness (QED) is 0.821. The molecule has 2 N–H and O–H groups in total. The number of rotatable bonds is 3. The number of carboxylic acid groups (broad SMARTS) is 1. The van der Waals surface area contributed by atoms with Gasteiger partial charge in [0.1, 0.15) is 0 Å². The summed E-state index contributed by atoms with van der Waals surface area (Å²) < 4.78 is 0. The van der Waals surface area contributed by atoms with Gasteiger partial charge >= 0.3 is 12.0 Å². The molecule has 2 rings (SSSR count). The third-order valence-corrected chi connectivity index (χ3v) is 4.85. The lowest BCUT2D eigenvalue weighted by Gasteiger charge is -2.42. The van der Waals surface area contributed by atoms with Gasteiger partial charge in [-0.3, -0.25) is 4.79 Å². The normalized spacial score (nSPS) is 27.7. The number of hydrogen-bond acceptors (Lipinski definition) is 2. The molecule has 5 heteroatoms. The first-order valence-corrected chi connectivity index (χ1v) is 7.09. The number of amides is 2. The van der Waals surface area contributed by atoms with Crippen molar-refractivity contribution in [3.8, 4) is 0 Å². The van der Waals surface area contributed by atoms with Crippen LogP contribution >= 0.6 is 0 Å². The van der Waals surface area contributed by atoms with Gasteiger partial charge in [0.15, 0.2) is 0 Å². The lowest BCUT2D eigenvalue weighted by molar-refractivity contribution is -0.144. The van der Waals surface area contributed by atoms with Gasteiger partial charge in [-0.1, -0.05) is 27.2 Å². The first kappa shape index (κ1) is 14.2. The number of nitrogens with one attached hydrogen (secondary N) is 1. The second-order valence-electron chi connectivity index (χ2n) is 6.67. The molecule has 0 radical (unpaired) electrons. The Labute approximate surface area is 114 Å². The lowest BCUT2D eigenvalue weighted by Crippen LogP contribution is -2.58. The Kier molecular flexibility index (Phi) is 3.74. The summed E-state index contributed by atoms with van der Waals surface area (Å²) in [5, 5.41) is 12.0. The smallest absolute Gasteiger partial charge is 0.317 e. The molecule has 0 aromatic carbocycles. The third-order valence-electron chi connectivity index (χ3n) is 4.85. The number of carbonyl (C=O) groups is 2. The number of likely N-dealkylation sites (tertiary alicyclic amines) is 1. The van der Waals surface area contributed by atoms with Crippen LogP contribution in [0.4, 0.5) is 4.79 Å². The molecule has 1 heterocycles. The molecule has 2 aliphatic rings. The van der Waals surface area contributed by atoms with Crippen molar-refractivity contribution in [2.24, 2.45) is 17.3 Å². The number of hydrogen-bond donors (Lipinski definition) is 2. The average Bonchev–Trinajstić information content (AvgIpc) is 2.55. The molecular formula is C14H24N2O3. The van der Waals surface area contributed by atoms with Crippen molar-refractivity contribution in [3.63, 3.8) is 0 Å². The van der Waals surface area contributed by atoms with E-state index < -0.39 is 5.97 Å². The van der Waals surface area contributed by atoms with Crippen molar-refractivity contribution >= 4 is 12.0 Å². The highest BCUT2D eigenvalue weighted by Gasteiger charge is 2.40. The second-order valence-corrected chi connectivity index (χ2v) is 6.67. The SMILES string of the molecule is CC(C(=O)O)C1CN(C(=O)NC2CCCC2(C)C)C1. The highest BCUT2D eigenvalue weighted by molar-refractivity contribution is 5.76. The van der Waals surface area contributed by atoms with Gasteiger partial charge in [-0.2, -0.15) is 0 Å². The Bertz CT molecular complexity index is 375. The number of nitrogens with zero attached hydrogens (tertiary/aromatic N) is 1. The molecule has 0 aromatic heterocycles. The summed E-state index contributed by atoms with van der Waals surface area (Å²) in [4.78, 5) is 24.7. The topological polar surface area (TPSA) is 69.6 Å². The minimum absolute atomic E-state index is 0.0335. The number of carbonyl (C=O) groups excluding carboxylic acids is 1. The largest absolute Gasteiger partial charge is 0.481 e. The van der Waals surface area contributed by atoms with E-state index in [0.29, 0.717) is 13.1 Å². The van der Waals surface area contributed by atoms with Crippen molar-refractivity contribution in [2.45, 2.75) is 46.1 Å². The van der Waals surface area contributed by atoms with Crippen molar-refractivity contribution in [1.29, 1.82) is 0 Å². The number of aliphatic carboxylic acids is 1. The van der Waals surface area contributed by atoms with Crippen LogP contribution in [0.1, 0.15) is 40.0 Å². The first-order valence-electron chi connectivity index (χ1n) is 7.09. The Hall–Kier alpha value is -1.26. The van der Waals surface area contributed by atoms with E-state index in [1.165, 1.54) is 0 Å². The predicted octanol–water partition coefficient (Wildman–Crippen LogP) is 1.93. The maximum atomic E-state index is 12.1. The van der Waals surface area contributed by atoms with Gasteiger partial charge < -0.3 is 15.3 Å². The highest BCUT2D eigenvalue weighted by Crippen LogP contribution is 2.37. The van der Waals surface area contributed by atoms with E-state index in [1.807, 2.05) is 0 Å². The Morgan fingerprint density at radius 1 is 1.37 bits per heavy atom. The van der Waals surface area contributed by atoms with Gasteiger partial charge in [0.25, 0.3) is 0 Å². The fourth-order valence-electron chi connectivity index (χ4n) is 3.03. The van der Waals surface area contributed by atoms with E-state index in [9.17, 15) is 9.59 Å². The van der Waals surface area contributed by atoms with Crippen molar-refractivity contribution in [3.05, 3.63) is 0 Å². The van der Waals surface area contributed by atoms with Crippen molar-refractivity contribution in [1.82, 2.24) is 10.2 Å². The zero-order valence-electron chi connectivity index (χ0n) is 12.0. The lowest BCUT2D eigenvalue weighted by atomic mass is 9.86. The van der Waals surface area contributed by atoms with Crippen LogP contribution in [0.25, 0.3) is 0 Å². The Morgan fingerprint density at radius 2 is 2.00 bits per heavy atom. The van der Waals surface area contributed by atoms with Crippen LogP contribution in [-0.2, 0) is 4.79 Å². The van der Waals surface area contributed by atoms with Crippen molar-refractivity contribution in [2.75, 3.05) is 13.1 Å². The van der Waals surface area contributed by atoms with Gasteiger partial charge in [-0.05, 0) is 18.3 Å². The Morgan fingerprint density at radius 3 is 2.47 bits per heavy atom. The molecule has 1 aliphatic carbocycles.